The average Bonchev–Trinajstić information content (AvgIpc) is 2.92. The van der Waals surface area contributed by atoms with Crippen LogP contribution in [0.4, 0.5) is 8.78 Å². The summed E-state index contributed by atoms with van der Waals surface area (Å²) in [5.74, 6) is -1.93. The number of benzene rings is 2. The van der Waals surface area contributed by atoms with E-state index in [-0.39, 0.29) is 5.56 Å². The van der Waals surface area contributed by atoms with Gasteiger partial charge in [0.05, 0.1) is 6.21 Å². The molecule has 0 bridgehead atoms. The molecule has 0 saturated carbocycles. The number of hydrogen-bond donors (Lipinski definition) is 2. The fraction of sp³-hybridized carbons (Fsp3) is 0. The number of carbonyl (C=O) groups is 1. The minimum Gasteiger partial charge on any atom is -0.350 e. The highest BCUT2D eigenvalue weighted by Crippen LogP contribution is 2.20. The van der Waals surface area contributed by atoms with Crippen LogP contribution in [0.5, 0.6) is 0 Å². The van der Waals surface area contributed by atoms with Crippen molar-refractivity contribution in [2.24, 2.45) is 5.10 Å². The maximum Gasteiger partial charge on any atom is 0.287 e. The Labute approximate surface area is 134 Å². The molecule has 0 aliphatic carbocycles. The Bertz CT molecular complexity index is 921. The van der Waals surface area contributed by atoms with Crippen LogP contribution in [0.1, 0.15) is 16.1 Å². The predicted octanol–water partition coefficient (Wildman–Crippen LogP) is 3.86. The normalized spacial score (nSPS) is 11.3. The van der Waals surface area contributed by atoms with E-state index in [0.717, 1.165) is 29.3 Å². The SMILES string of the molecule is O=C(NN=Cc1ccc(F)cc1F)c1cc2cc(Cl)ccc2[nH]1. The molecule has 3 aromatic rings. The number of rotatable bonds is 3. The fourth-order valence-corrected chi connectivity index (χ4v) is 2.23. The van der Waals surface area contributed by atoms with Gasteiger partial charge >= 0.3 is 0 Å². The summed E-state index contributed by atoms with van der Waals surface area (Å²) < 4.78 is 26.2. The third kappa shape index (κ3) is 3.37. The molecule has 0 fully saturated rings. The molecule has 2 aromatic carbocycles. The Kier molecular flexibility index (Phi) is 4.08. The number of carbonyl (C=O) groups excluding carboxylic acids is 1. The highest BCUT2D eigenvalue weighted by Gasteiger charge is 2.09. The number of halogens is 3. The van der Waals surface area contributed by atoms with Crippen LogP contribution in [-0.2, 0) is 0 Å². The summed E-state index contributed by atoms with van der Waals surface area (Å²) in [5, 5.41) is 5.01. The molecule has 2 N–H and O–H groups in total. The van der Waals surface area contributed by atoms with Gasteiger partial charge in [-0.05, 0) is 36.4 Å². The molecule has 0 aliphatic rings. The molecule has 7 heteroatoms. The number of hydrazone groups is 1. The largest absolute Gasteiger partial charge is 0.350 e. The van der Waals surface area contributed by atoms with Crippen LogP contribution in [-0.4, -0.2) is 17.1 Å². The van der Waals surface area contributed by atoms with E-state index < -0.39 is 17.5 Å². The average molecular weight is 334 g/mol. The van der Waals surface area contributed by atoms with Crippen LogP contribution >= 0.6 is 11.6 Å². The molecule has 3 rings (SSSR count). The minimum atomic E-state index is -0.761. The first-order chi connectivity index (χ1) is 11.0. The van der Waals surface area contributed by atoms with Crippen molar-refractivity contribution < 1.29 is 13.6 Å². The van der Waals surface area contributed by atoms with Crippen molar-refractivity contribution in [1.29, 1.82) is 0 Å². The van der Waals surface area contributed by atoms with Crippen LogP contribution in [0.15, 0.2) is 47.6 Å². The molecule has 0 spiro atoms. The lowest BCUT2D eigenvalue weighted by Gasteiger charge is -1.98. The molecule has 1 amide bonds. The van der Waals surface area contributed by atoms with Gasteiger partial charge in [-0.2, -0.15) is 5.10 Å². The van der Waals surface area contributed by atoms with Crippen LogP contribution in [0.25, 0.3) is 10.9 Å². The van der Waals surface area contributed by atoms with E-state index in [1.807, 2.05) is 0 Å². The zero-order valence-corrected chi connectivity index (χ0v) is 12.4. The maximum atomic E-state index is 13.4. The zero-order chi connectivity index (χ0) is 16.4. The van der Waals surface area contributed by atoms with Gasteiger partial charge in [-0.25, -0.2) is 14.2 Å². The Morgan fingerprint density at radius 1 is 1.17 bits per heavy atom. The van der Waals surface area contributed by atoms with Crippen LogP contribution in [0.3, 0.4) is 0 Å². The van der Waals surface area contributed by atoms with Crippen molar-refractivity contribution in [3.63, 3.8) is 0 Å². The first-order valence-corrected chi connectivity index (χ1v) is 6.97. The number of aromatic nitrogens is 1. The minimum absolute atomic E-state index is 0.0649. The molecule has 1 heterocycles. The summed E-state index contributed by atoms with van der Waals surface area (Å²) >= 11 is 5.88. The lowest BCUT2D eigenvalue weighted by atomic mass is 10.2. The second kappa shape index (κ2) is 6.18. The second-order valence-electron chi connectivity index (χ2n) is 4.78. The summed E-state index contributed by atoms with van der Waals surface area (Å²) in [4.78, 5) is 14.9. The molecular weight excluding hydrogens is 324 g/mol. The number of hydrogen-bond acceptors (Lipinski definition) is 2. The summed E-state index contributed by atoms with van der Waals surface area (Å²) in [5.41, 5.74) is 3.38. The van der Waals surface area contributed by atoms with Crippen molar-refractivity contribution in [2.45, 2.75) is 0 Å². The van der Waals surface area contributed by atoms with Gasteiger partial charge in [0.25, 0.3) is 5.91 Å². The fourth-order valence-electron chi connectivity index (χ4n) is 2.05. The van der Waals surface area contributed by atoms with Crippen LogP contribution < -0.4 is 5.43 Å². The highest BCUT2D eigenvalue weighted by atomic mass is 35.5. The number of aromatic amines is 1. The molecule has 0 saturated heterocycles. The Morgan fingerprint density at radius 3 is 2.78 bits per heavy atom. The number of amides is 1. The number of H-pyrrole nitrogens is 1. The standard InChI is InChI=1S/C16H10ClF2N3O/c17-11-2-4-14-10(5-11)6-15(21-14)16(23)22-20-8-9-1-3-12(18)7-13(9)19/h1-8,21H,(H,22,23). The van der Waals surface area contributed by atoms with E-state index >= 15 is 0 Å². The molecule has 116 valence electrons. The van der Waals surface area contributed by atoms with Gasteiger partial charge in [0.2, 0.25) is 0 Å². The second-order valence-corrected chi connectivity index (χ2v) is 5.22. The third-order valence-electron chi connectivity index (χ3n) is 3.16. The summed E-state index contributed by atoms with van der Waals surface area (Å²) in [7, 11) is 0. The number of nitrogens with zero attached hydrogens (tertiary/aromatic N) is 1. The monoisotopic (exact) mass is 333 g/mol. The zero-order valence-electron chi connectivity index (χ0n) is 11.6. The Morgan fingerprint density at radius 2 is 2.00 bits per heavy atom. The van der Waals surface area contributed by atoms with Gasteiger partial charge in [-0.1, -0.05) is 11.6 Å². The summed E-state index contributed by atoms with van der Waals surface area (Å²) in [6.45, 7) is 0. The number of nitrogens with one attached hydrogen (secondary N) is 2. The van der Waals surface area contributed by atoms with E-state index in [0.29, 0.717) is 10.7 Å². The first kappa shape index (κ1) is 15.2. The Balaban J connectivity index is 1.74. The summed E-state index contributed by atoms with van der Waals surface area (Å²) in [6, 6.07) is 9.89. The first-order valence-electron chi connectivity index (χ1n) is 6.59. The Hall–Kier alpha value is -2.73. The van der Waals surface area contributed by atoms with E-state index in [1.165, 1.54) is 6.07 Å². The molecule has 1 aromatic heterocycles. The third-order valence-corrected chi connectivity index (χ3v) is 3.39. The van der Waals surface area contributed by atoms with Gasteiger partial charge in [0.15, 0.2) is 0 Å². The topological polar surface area (TPSA) is 57.2 Å². The molecule has 23 heavy (non-hydrogen) atoms. The van der Waals surface area contributed by atoms with E-state index in [4.69, 9.17) is 11.6 Å². The number of fused-ring (bicyclic) bond motifs is 1. The van der Waals surface area contributed by atoms with Crippen molar-refractivity contribution in [2.75, 3.05) is 0 Å². The van der Waals surface area contributed by atoms with Crippen LogP contribution in [0, 0.1) is 11.6 Å². The van der Waals surface area contributed by atoms with Crippen LogP contribution in [0.2, 0.25) is 5.02 Å². The van der Waals surface area contributed by atoms with Gasteiger partial charge in [0.1, 0.15) is 17.3 Å². The van der Waals surface area contributed by atoms with Gasteiger partial charge in [-0.15, -0.1) is 0 Å². The van der Waals surface area contributed by atoms with Crippen molar-refractivity contribution in [3.05, 3.63) is 70.4 Å². The van der Waals surface area contributed by atoms with E-state index in [9.17, 15) is 13.6 Å². The molecular formula is C16H10ClF2N3O. The smallest absolute Gasteiger partial charge is 0.287 e. The van der Waals surface area contributed by atoms with Crippen molar-refractivity contribution in [1.82, 2.24) is 10.4 Å². The molecule has 4 nitrogen and oxygen atoms in total. The van der Waals surface area contributed by atoms with Crippen molar-refractivity contribution >= 4 is 34.6 Å². The molecule has 0 radical (unpaired) electrons. The molecule has 0 aliphatic heterocycles. The predicted molar refractivity (Wildman–Crippen MR) is 84.7 cm³/mol. The van der Waals surface area contributed by atoms with Crippen molar-refractivity contribution in [3.8, 4) is 0 Å². The maximum absolute atomic E-state index is 13.4. The van der Waals surface area contributed by atoms with E-state index in [2.05, 4.69) is 15.5 Å². The van der Waals surface area contributed by atoms with Gasteiger partial charge in [-0.3, -0.25) is 4.79 Å². The van der Waals surface area contributed by atoms with Gasteiger partial charge in [0, 0.05) is 27.6 Å². The van der Waals surface area contributed by atoms with Gasteiger partial charge < -0.3 is 4.98 Å². The molecule has 0 unspecified atom stereocenters. The lowest BCUT2D eigenvalue weighted by molar-refractivity contribution is 0.0951. The van der Waals surface area contributed by atoms with E-state index in [1.54, 1.807) is 24.3 Å². The highest BCUT2D eigenvalue weighted by molar-refractivity contribution is 6.31. The molecule has 0 atom stereocenters. The quantitative estimate of drug-likeness (QED) is 0.555. The lowest BCUT2D eigenvalue weighted by Crippen LogP contribution is -2.18. The summed E-state index contributed by atoms with van der Waals surface area (Å²) in [6.07, 6.45) is 1.10.